The lowest BCUT2D eigenvalue weighted by Crippen LogP contribution is -2.58. The average Bonchev–Trinajstić information content (AvgIpc) is 3.24. The summed E-state index contributed by atoms with van der Waals surface area (Å²) in [5, 5.41) is 25.4. The summed E-state index contributed by atoms with van der Waals surface area (Å²) < 4.78 is 0. The second kappa shape index (κ2) is 9.59. The molecule has 9 heteroatoms. The summed E-state index contributed by atoms with van der Waals surface area (Å²) in [5.41, 5.74) is 0.102. The van der Waals surface area contributed by atoms with Crippen LogP contribution in [0.1, 0.15) is 56.5 Å². The molecule has 0 aromatic carbocycles. The first-order valence-electron chi connectivity index (χ1n) is 12.3. The molecule has 1 saturated heterocycles. The second-order valence-electron chi connectivity index (χ2n) is 10.6. The van der Waals surface area contributed by atoms with Crippen molar-refractivity contribution in [3.63, 3.8) is 0 Å². The number of hydrogen-bond acceptors (Lipinski definition) is 7. The van der Waals surface area contributed by atoms with Crippen molar-refractivity contribution in [3.8, 4) is 0 Å². The van der Waals surface area contributed by atoms with Gasteiger partial charge in [0.05, 0.1) is 18.4 Å². The summed E-state index contributed by atoms with van der Waals surface area (Å²) in [6, 6.07) is 0. The molecule has 188 valence electrons. The zero-order chi connectivity index (χ0) is 24.7. The molecule has 8 nitrogen and oxygen atoms in total. The molecule has 34 heavy (non-hydrogen) atoms. The van der Waals surface area contributed by atoms with Gasteiger partial charge in [-0.05, 0) is 30.6 Å². The smallest absolute Gasteiger partial charge is 0.223 e. The average molecular weight is 491 g/mol. The maximum Gasteiger partial charge on any atom is 0.223 e. The lowest BCUT2D eigenvalue weighted by atomic mass is 9.47. The summed E-state index contributed by atoms with van der Waals surface area (Å²) in [4.78, 5) is 34.9. The van der Waals surface area contributed by atoms with E-state index < -0.39 is 11.5 Å². The molecule has 2 amide bonds. The number of thiazole rings is 1. The molecule has 2 aliphatic carbocycles. The second-order valence-corrected chi connectivity index (χ2v) is 11.7. The lowest BCUT2D eigenvalue weighted by molar-refractivity contribution is -0.149. The van der Waals surface area contributed by atoms with Crippen LogP contribution in [0.5, 0.6) is 0 Å². The lowest BCUT2D eigenvalue weighted by Gasteiger charge is -2.58. The predicted octanol–water partition coefficient (Wildman–Crippen LogP) is 2.24. The van der Waals surface area contributed by atoms with Gasteiger partial charge in [0.2, 0.25) is 11.8 Å². The zero-order valence-electron chi connectivity index (χ0n) is 20.5. The Morgan fingerprint density at radius 1 is 1.26 bits per heavy atom. The van der Waals surface area contributed by atoms with Crippen LogP contribution in [0.25, 0.3) is 0 Å². The molecule has 1 aliphatic heterocycles. The van der Waals surface area contributed by atoms with E-state index in [0.29, 0.717) is 45.6 Å². The van der Waals surface area contributed by atoms with Gasteiger partial charge >= 0.3 is 0 Å². The summed E-state index contributed by atoms with van der Waals surface area (Å²) >= 11 is 1.61. The third kappa shape index (κ3) is 4.27. The fourth-order valence-electron chi connectivity index (χ4n) is 6.46. The Balaban J connectivity index is 1.65. The highest BCUT2D eigenvalue weighted by molar-refractivity contribution is 7.15. The molecule has 0 spiro atoms. The number of aliphatic hydroxyl groups excluding tert-OH is 2. The molecular weight excluding hydrogens is 452 g/mol. The summed E-state index contributed by atoms with van der Waals surface area (Å²) in [6.45, 7) is 12.3. The van der Waals surface area contributed by atoms with Gasteiger partial charge in [0.15, 0.2) is 5.13 Å². The van der Waals surface area contributed by atoms with E-state index >= 15 is 0 Å². The minimum absolute atomic E-state index is 0.0429. The molecule has 4 rings (SSSR count). The van der Waals surface area contributed by atoms with E-state index in [-0.39, 0.29) is 35.7 Å². The standard InChI is InChI=1S/C25H38N4O4S/c1-5-8-26-23-27-22-17(13-21(33)29-11-9-28(10-12-29)16(2)31)24(3)7-6-20(32)25(4,15-30)19(24)14-18(22)34-23/h5,17,19-20,30,32H,1,6-15H2,2-4H3,(H,26,27)/t17-,19+,20+,24-,25-/m0/s1. The van der Waals surface area contributed by atoms with Crippen LogP contribution >= 0.6 is 11.3 Å². The van der Waals surface area contributed by atoms with Crippen LogP contribution in [0, 0.1) is 16.7 Å². The van der Waals surface area contributed by atoms with Gasteiger partial charge in [-0.1, -0.05) is 19.9 Å². The number of rotatable bonds is 6. The van der Waals surface area contributed by atoms with Crippen molar-refractivity contribution in [1.29, 1.82) is 0 Å². The van der Waals surface area contributed by atoms with Gasteiger partial charge in [0.25, 0.3) is 0 Å². The first-order chi connectivity index (χ1) is 16.1. The zero-order valence-corrected chi connectivity index (χ0v) is 21.4. The Labute approximate surface area is 206 Å². The van der Waals surface area contributed by atoms with Gasteiger partial charge in [-0.3, -0.25) is 9.59 Å². The largest absolute Gasteiger partial charge is 0.396 e. The molecule has 1 saturated carbocycles. The highest BCUT2D eigenvalue weighted by atomic mass is 32.1. The van der Waals surface area contributed by atoms with E-state index in [2.05, 4.69) is 18.8 Å². The molecular formula is C25H38N4O4S. The number of carbonyl (C=O) groups excluding carboxylic acids is 2. The van der Waals surface area contributed by atoms with Gasteiger partial charge in [-0.15, -0.1) is 17.9 Å². The summed E-state index contributed by atoms with van der Waals surface area (Å²) in [5.74, 6) is 0.0895. The van der Waals surface area contributed by atoms with Crippen molar-refractivity contribution in [3.05, 3.63) is 23.2 Å². The third-order valence-electron chi connectivity index (χ3n) is 8.75. The first-order valence-corrected chi connectivity index (χ1v) is 13.1. The number of aliphatic hydroxyl groups is 2. The van der Waals surface area contributed by atoms with Crippen molar-refractivity contribution in [2.45, 2.75) is 58.5 Å². The molecule has 0 radical (unpaired) electrons. The van der Waals surface area contributed by atoms with E-state index in [1.54, 1.807) is 29.2 Å². The van der Waals surface area contributed by atoms with Crippen molar-refractivity contribution >= 4 is 28.3 Å². The van der Waals surface area contributed by atoms with Crippen LogP contribution in [0.4, 0.5) is 5.13 Å². The Morgan fingerprint density at radius 3 is 2.56 bits per heavy atom. The molecule has 0 unspecified atom stereocenters. The molecule has 3 N–H and O–H groups in total. The molecule has 0 bridgehead atoms. The number of aromatic nitrogens is 1. The SMILES string of the molecule is C=CCNc1nc2c(s1)C[C@H]1[C@](C)(CO)[C@H](O)CC[C@@]1(C)[C@H]2CC(=O)N1CCN(C(C)=O)CC1. The van der Waals surface area contributed by atoms with Crippen LogP contribution in [0.3, 0.4) is 0 Å². The maximum atomic E-state index is 13.5. The minimum Gasteiger partial charge on any atom is -0.396 e. The summed E-state index contributed by atoms with van der Waals surface area (Å²) in [7, 11) is 0. The molecule has 1 aromatic rings. The molecule has 2 fully saturated rings. The highest BCUT2D eigenvalue weighted by Gasteiger charge is 2.59. The van der Waals surface area contributed by atoms with Crippen LogP contribution in [-0.2, 0) is 16.0 Å². The van der Waals surface area contributed by atoms with Crippen molar-refractivity contribution in [2.24, 2.45) is 16.7 Å². The van der Waals surface area contributed by atoms with Crippen molar-refractivity contribution in [1.82, 2.24) is 14.8 Å². The Morgan fingerprint density at radius 2 is 1.94 bits per heavy atom. The fraction of sp³-hybridized carbons (Fsp3) is 0.720. The number of hydrogen-bond donors (Lipinski definition) is 3. The van der Waals surface area contributed by atoms with E-state index in [1.807, 2.05) is 11.8 Å². The number of nitrogens with one attached hydrogen (secondary N) is 1. The van der Waals surface area contributed by atoms with Crippen molar-refractivity contribution < 1.29 is 19.8 Å². The van der Waals surface area contributed by atoms with E-state index in [1.165, 1.54) is 0 Å². The highest BCUT2D eigenvalue weighted by Crippen LogP contribution is 2.62. The van der Waals surface area contributed by atoms with Crippen LogP contribution in [-0.4, -0.2) is 82.2 Å². The van der Waals surface area contributed by atoms with E-state index in [9.17, 15) is 19.8 Å². The minimum atomic E-state index is -0.627. The molecule has 3 aliphatic rings. The van der Waals surface area contributed by atoms with Crippen LogP contribution in [0.2, 0.25) is 0 Å². The van der Waals surface area contributed by atoms with Gasteiger partial charge in [0, 0.05) is 62.3 Å². The summed E-state index contributed by atoms with van der Waals surface area (Å²) in [6.07, 6.45) is 3.71. The third-order valence-corrected chi connectivity index (χ3v) is 9.80. The molecule has 5 atom stereocenters. The fourth-order valence-corrected chi connectivity index (χ4v) is 7.53. The van der Waals surface area contributed by atoms with Crippen LogP contribution < -0.4 is 5.32 Å². The number of fused-ring (bicyclic) bond motifs is 2. The Kier molecular flexibility index (Phi) is 7.09. The van der Waals surface area contributed by atoms with Crippen LogP contribution in [0.15, 0.2) is 12.7 Å². The Bertz CT molecular complexity index is 943. The van der Waals surface area contributed by atoms with E-state index in [0.717, 1.165) is 28.5 Å². The van der Waals surface area contributed by atoms with Crippen molar-refractivity contribution in [2.75, 3.05) is 44.6 Å². The maximum absolute atomic E-state index is 13.5. The number of nitrogens with zero attached hydrogens (tertiary/aromatic N) is 3. The number of carbonyl (C=O) groups is 2. The first kappa shape index (κ1) is 25.1. The Hall–Kier alpha value is -1.97. The normalized spacial score (nSPS) is 33.1. The topological polar surface area (TPSA) is 106 Å². The molecule has 1 aromatic heterocycles. The van der Waals surface area contributed by atoms with E-state index in [4.69, 9.17) is 4.98 Å². The van der Waals surface area contributed by atoms with Gasteiger partial charge in [-0.25, -0.2) is 4.98 Å². The quantitative estimate of drug-likeness (QED) is 0.528. The predicted molar refractivity (Wildman–Crippen MR) is 133 cm³/mol. The van der Waals surface area contributed by atoms with Gasteiger partial charge in [-0.2, -0.15) is 0 Å². The van der Waals surface area contributed by atoms with Gasteiger partial charge in [0.1, 0.15) is 0 Å². The molecule has 2 heterocycles. The number of anilines is 1. The number of amides is 2. The van der Waals surface area contributed by atoms with Gasteiger partial charge < -0.3 is 25.3 Å². The monoisotopic (exact) mass is 490 g/mol. The number of piperazine rings is 1.